The molecule has 0 aromatic carbocycles. The van der Waals surface area contributed by atoms with E-state index in [1.165, 1.54) is 0 Å². The topological polar surface area (TPSA) is 45.2 Å². The number of anilines is 1. The Labute approximate surface area is 109 Å². The first-order valence-electron chi connectivity index (χ1n) is 6.72. The van der Waals surface area contributed by atoms with E-state index in [4.69, 9.17) is 0 Å². The maximum absolute atomic E-state index is 12.1. The highest BCUT2D eigenvalue weighted by Crippen LogP contribution is 2.08. The van der Waals surface area contributed by atoms with Gasteiger partial charge in [0, 0.05) is 19.6 Å². The van der Waals surface area contributed by atoms with Crippen molar-refractivity contribution in [2.75, 3.05) is 25.0 Å². The smallest absolute Gasteiger partial charge is 0.272 e. The number of rotatable bonds is 7. The van der Waals surface area contributed by atoms with Crippen molar-refractivity contribution in [1.29, 1.82) is 0 Å². The van der Waals surface area contributed by atoms with E-state index in [-0.39, 0.29) is 5.91 Å². The standard InChI is InChI=1S/C14H23N3O/c1-4-9-15-12-7-8-13(16-11-12)14(18)17(6-3)10-5-2/h7-8,11,15H,4-6,9-10H2,1-3H3. The summed E-state index contributed by atoms with van der Waals surface area (Å²) in [5.74, 6) is 0.0152. The average molecular weight is 249 g/mol. The Morgan fingerprint density at radius 3 is 2.56 bits per heavy atom. The maximum atomic E-state index is 12.1. The molecular formula is C14H23N3O. The lowest BCUT2D eigenvalue weighted by atomic mass is 10.2. The second-order valence-electron chi connectivity index (χ2n) is 4.24. The van der Waals surface area contributed by atoms with Crippen LogP contribution in [0.2, 0.25) is 0 Å². The number of aromatic nitrogens is 1. The van der Waals surface area contributed by atoms with Crippen molar-refractivity contribution in [3.63, 3.8) is 0 Å². The van der Waals surface area contributed by atoms with Gasteiger partial charge in [-0.2, -0.15) is 0 Å². The van der Waals surface area contributed by atoms with Gasteiger partial charge in [0.05, 0.1) is 11.9 Å². The minimum atomic E-state index is 0.0152. The molecule has 4 heteroatoms. The van der Waals surface area contributed by atoms with E-state index >= 15 is 0 Å². The lowest BCUT2D eigenvalue weighted by Crippen LogP contribution is -2.32. The number of hydrogen-bond acceptors (Lipinski definition) is 3. The monoisotopic (exact) mass is 249 g/mol. The molecule has 0 unspecified atom stereocenters. The third-order valence-electron chi connectivity index (χ3n) is 2.72. The fourth-order valence-corrected chi connectivity index (χ4v) is 1.73. The van der Waals surface area contributed by atoms with Gasteiger partial charge in [-0.05, 0) is 31.9 Å². The van der Waals surface area contributed by atoms with E-state index in [9.17, 15) is 4.79 Å². The van der Waals surface area contributed by atoms with Crippen LogP contribution < -0.4 is 5.32 Å². The minimum absolute atomic E-state index is 0.0152. The van der Waals surface area contributed by atoms with Crippen molar-refractivity contribution >= 4 is 11.6 Å². The van der Waals surface area contributed by atoms with Gasteiger partial charge in [-0.25, -0.2) is 4.98 Å². The molecule has 1 heterocycles. The molecule has 0 aliphatic heterocycles. The van der Waals surface area contributed by atoms with Gasteiger partial charge in [-0.15, -0.1) is 0 Å². The summed E-state index contributed by atoms with van der Waals surface area (Å²) < 4.78 is 0. The maximum Gasteiger partial charge on any atom is 0.272 e. The highest BCUT2D eigenvalue weighted by Gasteiger charge is 2.14. The van der Waals surface area contributed by atoms with E-state index in [0.717, 1.165) is 38.2 Å². The lowest BCUT2D eigenvalue weighted by Gasteiger charge is -2.19. The van der Waals surface area contributed by atoms with Crippen molar-refractivity contribution in [2.24, 2.45) is 0 Å². The molecule has 0 bridgehead atoms. The number of nitrogens with one attached hydrogen (secondary N) is 1. The molecule has 1 aromatic heterocycles. The lowest BCUT2D eigenvalue weighted by molar-refractivity contribution is 0.0758. The molecule has 18 heavy (non-hydrogen) atoms. The first kappa shape index (κ1) is 14.5. The SMILES string of the molecule is CCCNc1ccc(C(=O)N(CC)CCC)nc1. The normalized spacial score (nSPS) is 10.2. The molecule has 0 saturated heterocycles. The predicted octanol–water partition coefficient (Wildman–Crippen LogP) is 2.78. The van der Waals surface area contributed by atoms with Crippen LogP contribution >= 0.6 is 0 Å². The van der Waals surface area contributed by atoms with Crippen molar-refractivity contribution < 1.29 is 4.79 Å². The Bertz CT molecular complexity index is 362. The molecule has 0 atom stereocenters. The Balaban J connectivity index is 2.68. The van der Waals surface area contributed by atoms with E-state index in [1.54, 1.807) is 12.3 Å². The van der Waals surface area contributed by atoms with E-state index in [0.29, 0.717) is 5.69 Å². The summed E-state index contributed by atoms with van der Waals surface area (Å²) in [6, 6.07) is 3.70. The zero-order chi connectivity index (χ0) is 13.4. The zero-order valence-electron chi connectivity index (χ0n) is 11.6. The number of carbonyl (C=O) groups is 1. The molecular weight excluding hydrogens is 226 g/mol. The van der Waals surface area contributed by atoms with Crippen LogP contribution in [0.5, 0.6) is 0 Å². The van der Waals surface area contributed by atoms with Gasteiger partial charge in [0.25, 0.3) is 5.91 Å². The summed E-state index contributed by atoms with van der Waals surface area (Å²) in [5.41, 5.74) is 1.49. The second kappa shape index (κ2) is 7.69. The Kier molecular flexibility index (Phi) is 6.19. The summed E-state index contributed by atoms with van der Waals surface area (Å²) in [5, 5.41) is 3.24. The van der Waals surface area contributed by atoms with Crippen molar-refractivity contribution in [3.05, 3.63) is 24.0 Å². The van der Waals surface area contributed by atoms with E-state index < -0.39 is 0 Å². The van der Waals surface area contributed by atoms with E-state index in [2.05, 4.69) is 24.1 Å². The molecule has 1 N–H and O–H groups in total. The molecule has 0 aliphatic rings. The first-order chi connectivity index (χ1) is 8.72. The summed E-state index contributed by atoms with van der Waals surface area (Å²) in [6.45, 7) is 8.61. The summed E-state index contributed by atoms with van der Waals surface area (Å²) in [4.78, 5) is 18.2. The molecule has 0 fully saturated rings. The summed E-state index contributed by atoms with van der Waals surface area (Å²) in [6.07, 6.45) is 3.76. The van der Waals surface area contributed by atoms with Gasteiger partial charge in [0.15, 0.2) is 0 Å². The first-order valence-corrected chi connectivity index (χ1v) is 6.72. The van der Waals surface area contributed by atoms with Crippen LogP contribution in [0.3, 0.4) is 0 Å². The summed E-state index contributed by atoms with van der Waals surface area (Å²) in [7, 11) is 0. The van der Waals surface area contributed by atoms with Gasteiger partial charge < -0.3 is 10.2 Å². The Morgan fingerprint density at radius 1 is 1.28 bits per heavy atom. The Hall–Kier alpha value is -1.58. The molecule has 1 rings (SSSR count). The van der Waals surface area contributed by atoms with Crippen LogP contribution in [-0.2, 0) is 0 Å². The number of amides is 1. The molecule has 0 radical (unpaired) electrons. The molecule has 1 aromatic rings. The van der Waals surface area contributed by atoms with Gasteiger partial charge in [-0.1, -0.05) is 13.8 Å². The largest absolute Gasteiger partial charge is 0.384 e. The van der Waals surface area contributed by atoms with Crippen LogP contribution in [0.25, 0.3) is 0 Å². The van der Waals surface area contributed by atoms with Gasteiger partial charge in [0.2, 0.25) is 0 Å². The van der Waals surface area contributed by atoms with Crippen molar-refractivity contribution in [3.8, 4) is 0 Å². The molecule has 0 spiro atoms. The fourth-order valence-electron chi connectivity index (χ4n) is 1.73. The number of nitrogens with zero attached hydrogens (tertiary/aromatic N) is 2. The zero-order valence-corrected chi connectivity index (χ0v) is 11.6. The third kappa shape index (κ3) is 4.02. The van der Waals surface area contributed by atoms with Gasteiger partial charge in [-0.3, -0.25) is 4.79 Å². The van der Waals surface area contributed by atoms with Gasteiger partial charge >= 0.3 is 0 Å². The minimum Gasteiger partial charge on any atom is -0.384 e. The number of pyridine rings is 1. The molecule has 1 amide bonds. The summed E-state index contributed by atoms with van der Waals surface area (Å²) >= 11 is 0. The van der Waals surface area contributed by atoms with Crippen LogP contribution in [0.1, 0.15) is 44.1 Å². The highest BCUT2D eigenvalue weighted by molar-refractivity contribution is 5.92. The predicted molar refractivity (Wildman–Crippen MR) is 74.9 cm³/mol. The molecule has 4 nitrogen and oxygen atoms in total. The number of carbonyl (C=O) groups excluding carboxylic acids is 1. The second-order valence-corrected chi connectivity index (χ2v) is 4.24. The fraction of sp³-hybridized carbons (Fsp3) is 0.571. The van der Waals surface area contributed by atoms with Crippen molar-refractivity contribution in [2.45, 2.75) is 33.6 Å². The highest BCUT2D eigenvalue weighted by atomic mass is 16.2. The van der Waals surface area contributed by atoms with Gasteiger partial charge in [0.1, 0.15) is 5.69 Å². The molecule has 0 saturated carbocycles. The molecule has 0 aliphatic carbocycles. The Morgan fingerprint density at radius 2 is 2.06 bits per heavy atom. The average Bonchev–Trinajstić information content (AvgIpc) is 2.42. The third-order valence-corrected chi connectivity index (χ3v) is 2.72. The quantitative estimate of drug-likeness (QED) is 0.808. The van der Waals surface area contributed by atoms with Crippen LogP contribution in [0, 0.1) is 0 Å². The molecule has 100 valence electrons. The van der Waals surface area contributed by atoms with E-state index in [1.807, 2.05) is 17.9 Å². The number of hydrogen-bond donors (Lipinski definition) is 1. The van der Waals surface area contributed by atoms with Crippen molar-refractivity contribution in [1.82, 2.24) is 9.88 Å². The van der Waals surface area contributed by atoms with Crippen LogP contribution in [0.4, 0.5) is 5.69 Å². The van der Waals surface area contributed by atoms with Crippen LogP contribution in [0.15, 0.2) is 18.3 Å². The van der Waals surface area contributed by atoms with Crippen LogP contribution in [-0.4, -0.2) is 35.4 Å².